The number of hydrogen-bond acceptors (Lipinski definition) is 5. The molecule has 1 saturated carbocycles. The fourth-order valence-corrected chi connectivity index (χ4v) is 4.23. The molecule has 1 saturated heterocycles. The number of carbonyl (C=O) groups excluding carboxylic acids is 4. The normalized spacial score (nSPS) is 22.9. The molecule has 0 aromatic rings. The largest absolute Gasteiger partial charge is 0.346 e. The molecule has 4 atom stereocenters. The van der Waals surface area contributed by atoms with E-state index in [1.54, 1.807) is 4.90 Å². The molecule has 8 heteroatoms. The number of ketones is 1. The molecule has 0 bridgehead atoms. The molecular weight excluding hydrogens is 408 g/mol. The van der Waals surface area contributed by atoms with Crippen molar-refractivity contribution in [2.75, 3.05) is 13.1 Å². The minimum atomic E-state index is -0.901. The second-order valence-electron chi connectivity index (χ2n) is 10.6. The predicted octanol–water partition coefficient (Wildman–Crippen LogP) is 1.39. The number of nitrogens with two attached hydrogens (primary N) is 1. The van der Waals surface area contributed by atoms with Crippen LogP contribution in [0.25, 0.3) is 0 Å². The highest BCUT2D eigenvalue weighted by Crippen LogP contribution is 2.35. The fourth-order valence-electron chi connectivity index (χ4n) is 4.23. The van der Waals surface area contributed by atoms with Gasteiger partial charge in [-0.3, -0.25) is 19.2 Å². The Hall–Kier alpha value is -2.22. The van der Waals surface area contributed by atoms with Crippen LogP contribution in [0.3, 0.4) is 0 Å². The Kier molecular flexibility index (Phi) is 8.62. The van der Waals surface area contributed by atoms with Crippen molar-refractivity contribution in [2.45, 2.75) is 78.4 Å². The molecule has 0 spiro atoms. The smallest absolute Gasteiger partial charge is 0.289 e. The second-order valence-corrected chi connectivity index (χ2v) is 10.6. The van der Waals surface area contributed by atoms with Crippen LogP contribution < -0.4 is 16.4 Å². The molecule has 2 fully saturated rings. The van der Waals surface area contributed by atoms with E-state index in [-0.39, 0.29) is 30.2 Å². The number of Topliss-reactive ketones (excluding diaryl/α,β-unsaturated/α-hetero) is 1. The Labute approximate surface area is 191 Å². The van der Waals surface area contributed by atoms with E-state index in [4.69, 9.17) is 5.73 Å². The second kappa shape index (κ2) is 10.6. The summed E-state index contributed by atoms with van der Waals surface area (Å²) in [7, 11) is 0. The zero-order chi connectivity index (χ0) is 24.2. The lowest BCUT2D eigenvalue weighted by Crippen LogP contribution is -2.58. The average Bonchev–Trinajstić information content (AvgIpc) is 3.42. The van der Waals surface area contributed by atoms with Crippen molar-refractivity contribution in [2.24, 2.45) is 28.9 Å². The van der Waals surface area contributed by atoms with Crippen molar-refractivity contribution >= 4 is 23.5 Å². The first-order valence-electron chi connectivity index (χ1n) is 11.7. The highest BCUT2D eigenvalue weighted by molar-refractivity contribution is 6.38. The lowest BCUT2D eigenvalue weighted by Gasteiger charge is -2.35. The summed E-state index contributed by atoms with van der Waals surface area (Å²) in [6.45, 7) is 13.9. The van der Waals surface area contributed by atoms with Crippen LogP contribution in [0.2, 0.25) is 0 Å². The van der Waals surface area contributed by atoms with Gasteiger partial charge in [-0.15, -0.1) is 6.58 Å². The molecule has 1 heterocycles. The summed E-state index contributed by atoms with van der Waals surface area (Å²) in [5.41, 5.74) is 5.79. The molecule has 180 valence electrons. The van der Waals surface area contributed by atoms with Crippen molar-refractivity contribution in [1.29, 1.82) is 0 Å². The van der Waals surface area contributed by atoms with Gasteiger partial charge < -0.3 is 21.3 Å². The van der Waals surface area contributed by atoms with Crippen molar-refractivity contribution in [3.8, 4) is 0 Å². The Balaban J connectivity index is 2.23. The molecule has 1 unspecified atom stereocenters. The van der Waals surface area contributed by atoms with Crippen molar-refractivity contribution in [3.05, 3.63) is 12.7 Å². The molecule has 1 aliphatic carbocycles. The zero-order valence-electron chi connectivity index (χ0n) is 20.1. The Morgan fingerprint density at radius 2 is 1.78 bits per heavy atom. The monoisotopic (exact) mass is 448 g/mol. The van der Waals surface area contributed by atoms with Gasteiger partial charge in [0.05, 0.1) is 12.1 Å². The van der Waals surface area contributed by atoms with Gasteiger partial charge in [-0.1, -0.05) is 53.5 Å². The number of nitrogens with zero attached hydrogens (tertiary/aromatic N) is 1. The molecular formula is C24H40N4O4. The highest BCUT2D eigenvalue weighted by atomic mass is 16.2. The fraction of sp³-hybridized carbons (Fsp3) is 0.750. The predicted molar refractivity (Wildman–Crippen MR) is 123 cm³/mol. The number of likely N-dealkylation sites (tertiary alicyclic amines) is 1. The summed E-state index contributed by atoms with van der Waals surface area (Å²) < 4.78 is 0. The molecule has 3 amide bonds. The van der Waals surface area contributed by atoms with E-state index in [1.165, 1.54) is 6.08 Å². The van der Waals surface area contributed by atoms with Crippen LogP contribution >= 0.6 is 0 Å². The number of rotatable bonds is 10. The van der Waals surface area contributed by atoms with Crippen molar-refractivity contribution in [1.82, 2.24) is 15.5 Å². The summed E-state index contributed by atoms with van der Waals surface area (Å²) >= 11 is 0. The third-order valence-electron chi connectivity index (χ3n) is 6.58. The Morgan fingerprint density at radius 1 is 1.16 bits per heavy atom. The van der Waals surface area contributed by atoms with Crippen LogP contribution in [0, 0.1) is 23.2 Å². The summed E-state index contributed by atoms with van der Waals surface area (Å²) in [5.74, 6) is -1.57. The number of amides is 3. The van der Waals surface area contributed by atoms with Gasteiger partial charge in [-0.05, 0) is 36.0 Å². The van der Waals surface area contributed by atoms with E-state index >= 15 is 0 Å². The van der Waals surface area contributed by atoms with Gasteiger partial charge in [0, 0.05) is 13.1 Å². The number of hydrogen-bond donors (Lipinski definition) is 3. The van der Waals surface area contributed by atoms with Gasteiger partial charge in [0.15, 0.2) is 0 Å². The molecule has 0 radical (unpaired) electrons. The quantitative estimate of drug-likeness (QED) is 0.344. The SMILES string of the molecule is C=CCNC(=O)C(=O)C(CC1CC1)NC(=O)[C@@H]1[C@@H](C(C)C)CCN1C(=O)[C@@H](N)C(C)(C)C. The minimum Gasteiger partial charge on any atom is -0.346 e. The maximum Gasteiger partial charge on any atom is 0.289 e. The van der Waals surface area contributed by atoms with E-state index in [1.807, 2.05) is 34.6 Å². The number of carbonyl (C=O) groups is 4. The maximum absolute atomic E-state index is 13.5. The van der Waals surface area contributed by atoms with E-state index in [0.29, 0.717) is 25.3 Å². The third kappa shape index (κ3) is 6.40. The van der Waals surface area contributed by atoms with Crippen LogP contribution in [-0.2, 0) is 19.2 Å². The molecule has 2 aliphatic rings. The van der Waals surface area contributed by atoms with Crippen molar-refractivity contribution in [3.63, 3.8) is 0 Å². The molecule has 0 aromatic carbocycles. The van der Waals surface area contributed by atoms with Gasteiger partial charge in [0.25, 0.3) is 5.91 Å². The zero-order valence-corrected chi connectivity index (χ0v) is 20.1. The standard InChI is InChI=1S/C24H40N4O4/c1-7-11-26-22(31)19(29)17(13-15-8-9-15)27-21(30)18-16(14(2)3)10-12-28(18)23(32)20(25)24(4,5)6/h7,14-18,20H,1,8-13,25H2,2-6H3,(H,26,31)(H,27,30)/t16-,17?,18+,20-/m1/s1. The third-order valence-corrected chi connectivity index (χ3v) is 6.58. The molecule has 0 aromatic heterocycles. The van der Waals surface area contributed by atoms with Crippen LogP contribution in [0.5, 0.6) is 0 Å². The summed E-state index contributed by atoms with van der Waals surface area (Å²) in [4.78, 5) is 53.2. The van der Waals surface area contributed by atoms with E-state index < -0.39 is 35.2 Å². The Morgan fingerprint density at radius 3 is 2.28 bits per heavy atom. The molecule has 32 heavy (non-hydrogen) atoms. The highest BCUT2D eigenvalue weighted by Gasteiger charge is 2.46. The molecule has 2 rings (SSSR count). The molecule has 4 N–H and O–H groups in total. The van der Waals surface area contributed by atoms with E-state index in [0.717, 1.165) is 12.8 Å². The first-order valence-corrected chi connectivity index (χ1v) is 11.7. The van der Waals surface area contributed by atoms with Crippen LogP contribution in [0.4, 0.5) is 0 Å². The van der Waals surface area contributed by atoms with Gasteiger partial charge in [-0.25, -0.2) is 0 Å². The van der Waals surface area contributed by atoms with Gasteiger partial charge >= 0.3 is 0 Å². The minimum absolute atomic E-state index is 0.0441. The van der Waals surface area contributed by atoms with Gasteiger partial charge in [-0.2, -0.15) is 0 Å². The van der Waals surface area contributed by atoms with Crippen molar-refractivity contribution < 1.29 is 19.2 Å². The summed E-state index contributed by atoms with van der Waals surface area (Å²) in [6, 6.07) is -2.35. The van der Waals surface area contributed by atoms with Crippen LogP contribution in [0.15, 0.2) is 12.7 Å². The van der Waals surface area contributed by atoms with E-state index in [9.17, 15) is 19.2 Å². The molecule has 1 aliphatic heterocycles. The summed E-state index contributed by atoms with van der Waals surface area (Å²) in [6.07, 6.45) is 4.58. The molecule has 8 nitrogen and oxygen atoms in total. The average molecular weight is 449 g/mol. The van der Waals surface area contributed by atoms with E-state index in [2.05, 4.69) is 17.2 Å². The lowest BCUT2D eigenvalue weighted by atomic mass is 9.85. The lowest BCUT2D eigenvalue weighted by molar-refractivity contribution is -0.144. The van der Waals surface area contributed by atoms with Gasteiger partial charge in [0.2, 0.25) is 17.6 Å². The topological polar surface area (TPSA) is 122 Å². The van der Waals surface area contributed by atoms with Crippen LogP contribution in [-0.4, -0.2) is 59.6 Å². The van der Waals surface area contributed by atoms with Crippen LogP contribution in [0.1, 0.15) is 60.3 Å². The van der Waals surface area contributed by atoms with Gasteiger partial charge in [0.1, 0.15) is 6.04 Å². The first kappa shape index (κ1) is 26.0. The maximum atomic E-state index is 13.5. The summed E-state index contributed by atoms with van der Waals surface area (Å²) in [5, 5.41) is 5.32. The Bertz CT molecular complexity index is 739. The first-order chi connectivity index (χ1) is 14.9. The number of nitrogens with one attached hydrogen (secondary N) is 2.